The Balaban J connectivity index is 1.70. The number of thiocarbonyl (C=S) groups is 1. The summed E-state index contributed by atoms with van der Waals surface area (Å²) >= 11 is 5.25. The van der Waals surface area contributed by atoms with E-state index in [1.54, 1.807) is 0 Å². The monoisotopic (exact) mass is 408 g/mol. The molecule has 0 unspecified atom stereocenters. The molecule has 0 spiro atoms. The van der Waals surface area contributed by atoms with Crippen molar-refractivity contribution in [1.82, 2.24) is 9.78 Å². The summed E-state index contributed by atoms with van der Waals surface area (Å²) in [4.78, 5) is 0. The van der Waals surface area contributed by atoms with E-state index in [0.717, 1.165) is 22.4 Å². The number of hydrogen-bond acceptors (Lipinski definition) is 2. The fraction of sp³-hybridized carbons (Fsp3) is 0.158. The summed E-state index contributed by atoms with van der Waals surface area (Å²) in [5.74, 6) is -5.50. The largest absolute Gasteiger partial charge is 0.332 e. The summed E-state index contributed by atoms with van der Waals surface area (Å²) < 4.78 is 55.4. The van der Waals surface area contributed by atoms with E-state index in [0.29, 0.717) is 5.82 Å². The van der Waals surface area contributed by atoms with Crippen LogP contribution in [0.1, 0.15) is 18.1 Å². The van der Waals surface area contributed by atoms with Crippen molar-refractivity contribution in [3.63, 3.8) is 0 Å². The molecule has 2 N–H and O–H groups in total. The molecule has 0 radical (unpaired) electrons. The summed E-state index contributed by atoms with van der Waals surface area (Å²) in [5, 5.41) is 10.3. The van der Waals surface area contributed by atoms with Crippen molar-refractivity contribution < 1.29 is 17.6 Å². The van der Waals surface area contributed by atoms with Gasteiger partial charge >= 0.3 is 0 Å². The third-order valence-corrected chi connectivity index (χ3v) is 4.26. The van der Waals surface area contributed by atoms with Crippen LogP contribution in [0.2, 0.25) is 0 Å². The number of anilines is 2. The molecule has 146 valence electrons. The molecule has 0 bridgehead atoms. The van der Waals surface area contributed by atoms with Gasteiger partial charge in [-0.2, -0.15) is 5.10 Å². The Labute approximate surface area is 164 Å². The van der Waals surface area contributed by atoms with Crippen LogP contribution in [0.4, 0.5) is 29.1 Å². The lowest BCUT2D eigenvalue weighted by Crippen LogP contribution is -2.20. The average molecular weight is 408 g/mol. The summed E-state index contributed by atoms with van der Waals surface area (Å²) in [7, 11) is 0. The summed E-state index contributed by atoms with van der Waals surface area (Å²) in [5.41, 5.74) is 1.18. The molecule has 0 aliphatic carbocycles. The van der Waals surface area contributed by atoms with E-state index in [1.165, 1.54) is 12.3 Å². The van der Waals surface area contributed by atoms with Crippen LogP contribution in [-0.2, 0) is 13.0 Å². The number of nitrogens with one attached hydrogen (secondary N) is 2. The van der Waals surface area contributed by atoms with Crippen LogP contribution in [0.3, 0.4) is 0 Å². The van der Waals surface area contributed by atoms with Gasteiger partial charge in [-0.25, -0.2) is 17.6 Å². The van der Waals surface area contributed by atoms with Crippen molar-refractivity contribution in [2.75, 3.05) is 10.6 Å². The highest BCUT2D eigenvalue weighted by Gasteiger charge is 2.19. The normalized spacial score (nSPS) is 10.8. The van der Waals surface area contributed by atoms with Gasteiger partial charge in [0.2, 0.25) is 0 Å². The molecule has 0 amide bonds. The van der Waals surface area contributed by atoms with Crippen LogP contribution in [0, 0.1) is 23.3 Å². The molecule has 0 atom stereocenters. The predicted molar refractivity (Wildman–Crippen MR) is 103 cm³/mol. The van der Waals surface area contributed by atoms with Gasteiger partial charge in [0.15, 0.2) is 34.2 Å². The van der Waals surface area contributed by atoms with Crippen molar-refractivity contribution in [2.24, 2.45) is 0 Å². The van der Waals surface area contributed by atoms with Gasteiger partial charge in [0.05, 0.1) is 12.1 Å². The molecule has 4 nitrogen and oxygen atoms in total. The minimum Gasteiger partial charge on any atom is -0.332 e. The topological polar surface area (TPSA) is 41.9 Å². The van der Waals surface area contributed by atoms with Gasteiger partial charge in [-0.1, -0.05) is 25.1 Å². The Morgan fingerprint density at radius 2 is 1.71 bits per heavy atom. The van der Waals surface area contributed by atoms with Gasteiger partial charge in [-0.3, -0.25) is 4.68 Å². The van der Waals surface area contributed by atoms with E-state index in [2.05, 4.69) is 15.7 Å². The maximum atomic E-state index is 13.8. The lowest BCUT2D eigenvalue weighted by atomic mass is 10.1. The van der Waals surface area contributed by atoms with Crippen LogP contribution in [0.25, 0.3) is 0 Å². The van der Waals surface area contributed by atoms with E-state index in [-0.39, 0.29) is 11.2 Å². The van der Waals surface area contributed by atoms with E-state index in [9.17, 15) is 17.6 Å². The number of benzene rings is 2. The quantitative estimate of drug-likeness (QED) is 0.360. The molecule has 0 saturated heterocycles. The number of aryl methyl sites for hydroxylation is 1. The molecular formula is C19H16F4N4S. The Hall–Kier alpha value is -2.94. The van der Waals surface area contributed by atoms with Crippen LogP contribution in [-0.4, -0.2) is 14.9 Å². The maximum Gasteiger partial charge on any atom is 0.176 e. The highest BCUT2D eigenvalue weighted by Crippen LogP contribution is 2.21. The van der Waals surface area contributed by atoms with Gasteiger partial charge < -0.3 is 10.6 Å². The summed E-state index contributed by atoms with van der Waals surface area (Å²) in [6, 6.07) is 9.35. The minimum absolute atomic E-state index is 0.169. The number of rotatable bonds is 5. The highest BCUT2D eigenvalue weighted by molar-refractivity contribution is 7.80. The number of hydrogen-bond donors (Lipinski definition) is 2. The molecule has 3 aromatic rings. The zero-order chi connectivity index (χ0) is 20.3. The van der Waals surface area contributed by atoms with Crippen molar-refractivity contribution in [2.45, 2.75) is 19.9 Å². The number of aromatic nitrogens is 2. The minimum atomic E-state index is -1.46. The Kier molecular flexibility index (Phi) is 5.93. The Bertz CT molecular complexity index is 993. The lowest BCUT2D eigenvalue weighted by Gasteiger charge is -2.12. The van der Waals surface area contributed by atoms with Gasteiger partial charge in [-0.05, 0) is 30.3 Å². The van der Waals surface area contributed by atoms with Crippen molar-refractivity contribution >= 4 is 28.8 Å². The van der Waals surface area contributed by atoms with E-state index in [1.807, 2.05) is 31.2 Å². The van der Waals surface area contributed by atoms with Crippen molar-refractivity contribution in [3.05, 3.63) is 77.0 Å². The molecule has 1 heterocycles. The lowest BCUT2D eigenvalue weighted by molar-refractivity contribution is 0.431. The number of halogens is 4. The van der Waals surface area contributed by atoms with Crippen molar-refractivity contribution in [1.29, 1.82) is 0 Å². The first-order chi connectivity index (χ1) is 13.4. The first kappa shape index (κ1) is 19.8. The van der Waals surface area contributed by atoms with E-state index >= 15 is 0 Å². The SMILES string of the molecule is CCc1ccccc1NC(=S)Nc1ccn(Cc2c(F)c(F)cc(F)c2F)n1. The molecule has 2 aromatic carbocycles. The maximum absolute atomic E-state index is 13.8. The molecule has 28 heavy (non-hydrogen) atoms. The molecule has 0 aliphatic heterocycles. The second kappa shape index (κ2) is 8.39. The number of para-hydroxylation sites is 1. The molecule has 9 heteroatoms. The van der Waals surface area contributed by atoms with Gasteiger partial charge in [0, 0.05) is 24.0 Å². The average Bonchev–Trinajstić information content (AvgIpc) is 3.11. The fourth-order valence-corrected chi connectivity index (χ4v) is 2.87. The van der Waals surface area contributed by atoms with Crippen LogP contribution in [0.5, 0.6) is 0 Å². The first-order valence-electron chi connectivity index (χ1n) is 8.40. The second-order valence-electron chi connectivity index (χ2n) is 5.94. The van der Waals surface area contributed by atoms with Crippen LogP contribution >= 0.6 is 12.2 Å². The molecule has 1 aromatic heterocycles. The first-order valence-corrected chi connectivity index (χ1v) is 8.81. The van der Waals surface area contributed by atoms with E-state index in [4.69, 9.17) is 12.2 Å². The Morgan fingerprint density at radius 3 is 2.39 bits per heavy atom. The zero-order valence-corrected chi connectivity index (χ0v) is 15.6. The smallest absolute Gasteiger partial charge is 0.176 e. The third kappa shape index (κ3) is 4.30. The summed E-state index contributed by atoms with van der Waals surface area (Å²) in [6.07, 6.45) is 2.23. The van der Waals surface area contributed by atoms with E-state index < -0.39 is 35.4 Å². The molecular weight excluding hydrogens is 392 g/mol. The van der Waals surface area contributed by atoms with Crippen LogP contribution < -0.4 is 10.6 Å². The third-order valence-electron chi connectivity index (χ3n) is 4.05. The molecule has 3 rings (SSSR count). The van der Waals surface area contributed by atoms with Gasteiger partial charge in [0.1, 0.15) is 0 Å². The van der Waals surface area contributed by atoms with Crippen LogP contribution in [0.15, 0.2) is 42.6 Å². The molecule has 0 aliphatic rings. The second-order valence-corrected chi connectivity index (χ2v) is 6.34. The number of nitrogens with zero attached hydrogens (tertiary/aromatic N) is 2. The Morgan fingerprint density at radius 1 is 1.04 bits per heavy atom. The molecule has 0 saturated carbocycles. The van der Waals surface area contributed by atoms with Crippen molar-refractivity contribution in [3.8, 4) is 0 Å². The van der Waals surface area contributed by atoms with Gasteiger partial charge in [-0.15, -0.1) is 0 Å². The highest BCUT2D eigenvalue weighted by atomic mass is 32.1. The fourth-order valence-electron chi connectivity index (χ4n) is 2.66. The van der Waals surface area contributed by atoms with Gasteiger partial charge in [0.25, 0.3) is 0 Å². The summed E-state index contributed by atoms with van der Waals surface area (Å²) in [6.45, 7) is 1.54. The zero-order valence-electron chi connectivity index (χ0n) is 14.8. The molecule has 0 fully saturated rings. The standard InChI is InChI=1S/C19H16F4N4S/c1-2-11-5-3-4-6-15(11)24-19(28)25-16-7-8-27(26-16)10-12-17(22)13(20)9-14(21)18(12)23/h3-9H,2,10H2,1H3,(H2,24,25,26,28). The predicted octanol–water partition coefficient (Wildman–Crippen LogP) is 4.86.